The Bertz CT molecular complexity index is 291. The molecule has 0 aliphatic rings. The fraction of sp³-hybridized carbons (Fsp3) is 0.538. The number of hydrogen-bond acceptors (Lipinski definition) is 3. The maximum absolute atomic E-state index is 3.17. The largest absolute Gasteiger partial charge is 0.372 e. The van der Waals surface area contributed by atoms with Crippen molar-refractivity contribution >= 4 is 5.69 Å². The van der Waals surface area contributed by atoms with Crippen LogP contribution in [0.15, 0.2) is 24.3 Å². The van der Waals surface area contributed by atoms with E-state index in [9.17, 15) is 0 Å². The molecule has 0 heterocycles. The van der Waals surface area contributed by atoms with Crippen LogP contribution in [0.2, 0.25) is 0 Å². The number of benzene rings is 1. The van der Waals surface area contributed by atoms with Crippen LogP contribution in [0.5, 0.6) is 0 Å². The molecule has 1 aromatic rings. The highest BCUT2D eigenvalue weighted by molar-refractivity contribution is 5.47. The summed E-state index contributed by atoms with van der Waals surface area (Å²) in [7, 11) is 1.89. The standard InChI is InChI=1S/C13H23N3/c1-5-16(6-2)13-9-7-12(8-10-13)11(3)15-14-4/h7-11,14-15H,5-6H2,1-4H3/t11-/m1/s1. The lowest BCUT2D eigenvalue weighted by Crippen LogP contribution is -2.30. The van der Waals surface area contributed by atoms with E-state index in [0.717, 1.165) is 13.1 Å². The van der Waals surface area contributed by atoms with Crippen molar-refractivity contribution in [3.05, 3.63) is 29.8 Å². The number of hydrazine groups is 1. The Morgan fingerprint density at radius 2 is 1.69 bits per heavy atom. The van der Waals surface area contributed by atoms with Gasteiger partial charge in [0.15, 0.2) is 0 Å². The molecule has 0 saturated heterocycles. The molecule has 16 heavy (non-hydrogen) atoms. The van der Waals surface area contributed by atoms with Crippen LogP contribution < -0.4 is 15.8 Å². The van der Waals surface area contributed by atoms with Crippen molar-refractivity contribution in [2.24, 2.45) is 0 Å². The first-order valence-corrected chi connectivity index (χ1v) is 6.00. The summed E-state index contributed by atoms with van der Waals surface area (Å²) >= 11 is 0. The summed E-state index contributed by atoms with van der Waals surface area (Å²) in [6, 6.07) is 9.08. The first kappa shape index (κ1) is 13.0. The average molecular weight is 221 g/mol. The van der Waals surface area contributed by atoms with Crippen LogP contribution in [0.4, 0.5) is 5.69 Å². The molecule has 0 aliphatic heterocycles. The number of anilines is 1. The summed E-state index contributed by atoms with van der Waals surface area (Å²) < 4.78 is 0. The molecule has 0 amide bonds. The minimum Gasteiger partial charge on any atom is -0.372 e. The molecule has 1 atom stereocenters. The zero-order valence-corrected chi connectivity index (χ0v) is 10.7. The molecular formula is C13H23N3. The molecule has 0 radical (unpaired) electrons. The number of hydrogen-bond donors (Lipinski definition) is 2. The normalized spacial score (nSPS) is 12.5. The zero-order chi connectivity index (χ0) is 12.0. The number of nitrogens with zero attached hydrogens (tertiary/aromatic N) is 1. The van der Waals surface area contributed by atoms with Crippen molar-refractivity contribution in [2.45, 2.75) is 26.8 Å². The lowest BCUT2D eigenvalue weighted by atomic mass is 10.1. The Balaban J connectivity index is 2.74. The molecule has 0 spiro atoms. The predicted molar refractivity (Wildman–Crippen MR) is 70.6 cm³/mol. The highest BCUT2D eigenvalue weighted by Crippen LogP contribution is 2.18. The molecule has 0 aliphatic carbocycles. The molecule has 3 nitrogen and oxygen atoms in total. The topological polar surface area (TPSA) is 27.3 Å². The van der Waals surface area contributed by atoms with Gasteiger partial charge in [-0.05, 0) is 45.5 Å². The van der Waals surface area contributed by atoms with Crippen LogP contribution in [-0.2, 0) is 0 Å². The van der Waals surface area contributed by atoms with Crippen LogP contribution in [0.3, 0.4) is 0 Å². The second-order valence-electron chi connectivity index (χ2n) is 3.88. The van der Waals surface area contributed by atoms with Gasteiger partial charge < -0.3 is 4.90 Å². The van der Waals surface area contributed by atoms with E-state index >= 15 is 0 Å². The maximum Gasteiger partial charge on any atom is 0.0434 e. The van der Waals surface area contributed by atoms with Gasteiger partial charge in [-0.1, -0.05) is 12.1 Å². The lowest BCUT2D eigenvalue weighted by molar-refractivity contribution is 0.505. The van der Waals surface area contributed by atoms with Gasteiger partial charge in [0, 0.05) is 24.8 Å². The molecule has 0 aromatic heterocycles. The summed E-state index contributed by atoms with van der Waals surface area (Å²) in [4.78, 5) is 2.35. The second kappa shape index (κ2) is 6.51. The van der Waals surface area contributed by atoms with Gasteiger partial charge in [0.1, 0.15) is 0 Å². The Kier molecular flexibility index (Phi) is 5.29. The molecular weight excluding hydrogens is 198 g/mol. The van der Waals surface area contributed by atoms with Gasteiger partial charge in [-0.25, -0.2) is 0 Å². The summed E-state index contributed by atoms with van der Waals surface area (Å²) in [5.74, 6) is 0. The third-order valence-electron chi connectivity index (χ3n) is 2.88. The van der Waals surface area contributed by atoms with Crippen molar-refractivity contribution in [1.82, 2.24) is 10.9 Å². The summed E-state index contributed by atoms with van der Waals surface area (Å²) in [5, 5.41) is 0. The van der Waals surface area contributed by atoms with E-state index in [-0.39, 0.29) is 0 Å². The van der Waals surface area contributed by atoms with Crippen LogP contribution in [0.25, 0.3) is 0 Å². The molecule has 3 heteroatoms. The van der Waals surface area contributed by atoms with Gasteiger partial charge in [0.25, 0.3) is 0 Å². The number of nitrogens with one attached hydrogen (secondary N) is 2. The molecule has 90 valence electrons. The average Bonchev–Trinajstić information content (AvgIpc) is 2.32. The molecule has 0 fully saturated rings. The molecule has 0 unspecified atom stereocenters. The van der Waals surface area contributed by atoms with Gasteiger partial charge in [0.05, 0.1) is 0 Å². The van der Waals surface area contributed by atoms with Crippen LogP contribution in [0, 0.1) is 0 Å². The predicted octanol–water partition coefficient (Wildman–Crippen LogP) is 2.32. The highest BCUT2D eigenvalue weighted by Gasteiger charge is 2.05. The first-order valence-electron chi connectivity index (χ1n) is 6.00. The van der Waals surface area contributed by atoms with Gasteiger partial charge in [-0.3, -0.25) is 10.9 Å². The third-order valence-corrected chi connectivity index (χ3v) is 2.88. The minimum atomic E-state index is 0.329. The van der Waals surface area contributed by atoms with E-state index in [4.69, 9.17) is 0 Å². The van der Waals surface area contributed by atoms with Crippen LogP contribution in [-0.4, -0.2) is 20.1 Å². The molecule has 1 rings (SSSR count). The van der Waals surface area contributed by atoms with Gasteiger partial charge in [-0.15, -0.1) is 0 Å². The van der Waals surface area contributed by atoms with Crippen molar-refractivity contribution < 1.29 is 0 Å². The zero-order valence-electron chi connectivity index (χ0n) is 10.7. The SMILES string of the molecule is CCN(CC)c1ccc([C@@H](C)NNC)cc1. The van der Waals surface area contributed by atoms with E-state index in [1.807, 2.05) is 7.05 Å². The summed E-state index contributed by atoms with van der Waals surface area (Å²) in [6.45, 7) is 8.62. The van der Waals surface area contributed by atoms with E-state index in [1.54, 1.807) is 0 Å². The second-order valence-corrected chi connectivity index (χ2v) is 3.88. The van der Waals surface area contributed by atoms with E-state index in [2.05, 4.69) is 60.8 Å². The van der Waals surface area contributed by atoms with Crippen LogP contribution >= 0.6 is 0 Å². The monoisotopic (exact) mass is 221 g/mol. The van der Waals surface area contributed by atoms with E-state index in [0.29, 0.717) is 6.04 Å². The highest BCUT2D eigenvalue weighted by atomic mass is 15.3. The van der Waals surface area contributed by atoms with E-state index in [1.165, 1.54) is 11.3 Å². The first-order chi connectivity index (χ1) is 7.72. The molecule has 0 saturated carbocycles. The van der Waals surface area contributed by atoms with Crippen LogP contribution in [0.1, 0.15) is 32.4 Å². The van der Waals surface area contributed by atoms with E-state index < -0.39 is 0 Å². The summed E-state index contributed by atoms with van der Waals surface area (Å²) in [6.07, 6.45) is 0. The Hall–Kier alpha value is -1.06. The van der Waals surface area contributed by atoms with Crippen molar-refractivity contribution in [3.63, 3.8) is 0 Å². The number of rotatable bonds is 6. The fourth-order valence-electron chi connectivity index (χ4n) is 1.86. The quantitative estimate of drug-likeness (QED) is 0.722. The Labute approximate surface area is 98.8 Å². The molecule has 0 bridgehead atoms. The fourth-order valence-corrected chi connectivity index (χ4v) is 1.86. The van der Waals surface area contributed by atoms with Gasteiger partial charge in [-0.2, -0.15) is 0 Å². The van der Waals surface area contributed by atoms with Gasteiger partial charge in [0.2, 0.25) is 0 Å². The third kappa shape index (κ3) is 3.22. The minimum absolute atomic E-state index is 0.329. The molecule has 2 N–H and O–H groups in total. The summed E-state index contributed by atoms with van der Waals surface area (Å²) in [5.41, 5.74) is 8.73. The maximum atomic E-state index is 3.17. The Morgan fingerprint density at radius 1 is 1.12 bits per heavy atom. The van der Waals surface area contributed by atoms with Crippen molar-refractivity contribution in [1.29, 1.82) is 0 Å². The molecule has 1 aromatic carbocycles. The lowest BCUT2D eigenvalue weighted by Gasteiger charge is -2.22. The smallest absolute Gasteiger partial charge is 0.0434 e. The Morgan fingerprint density at radius 3 is 2.12 bits per heavy atom. The van der Waals surface area contributed by atoms with Crippen molar-refractivity contribution in [3.8, 4) is 0 Å². The van der Waals surface area contributed by atoms with Gasteiger partial charge >= 0.3 is 0 Å². The van der Waals surface area contributed by atoms with Crippen molar-refractivity contribution in [2.75, 3.05) is 25.0 Å².